The maximum absolute atomic E-state index is 11.9. The van der Waals surface area contributed by atoms with Gasteiger partial charge in [0.25, 0.3) is 0 Å². The first kappa shape index (κ1) is 12.9. The third kappa shape index (κ3) is 2.22. The Kier molecular flexibility index (Phi) is 3.31. The summed E-state index contributed by atoms with van der Waals surface area (Å²) in [5.41, 5.74) is 4.64. The van der Waals surface area contributed by atoms with Crippen LogP contribution in [0, 0.1) is 13.8 Å². The van der Waals surface area contributed by atoms with Crippen LogP contribution in [0.25, 0.3) is 0 Å². The highest BCUT2D eigenvalue weighted by molar-refractivity contribution is 5.75. The van der Waals surface area contributed by atoms with Crippen molar-refractivity contribution >= 4 is 5.97 Å². The number of benzene rings is 2. The molecular formula is C18H18O2. The lowest BCUT2D eigenvalue weighted by molar-refractivity contribution is -0.134. The van der Waals surface area contributed by atoms with Gasteiger partial charge in [0, 0.05) is 17.9 Å². The molecule has 0 amide bonds. The molecule has 2 nitrogen and oxygen atoms in total. The van der Waals surface area contributed by atoms with Gasteiger partial charge in [-0.05, 0) is 37.0 Å². The molecule has 0 saturated carbocycles. The van der Waals surface area contributed by atoms with E-state index in [2.05, 4.69) is 25.1 Å². The van der Waals surface area contributed by atoms with Gasteiger partial charge in [0.1, 0.15) is 5.75 Å². The zero-order valence-electron chi connectivity index (χ0n) is 11.8. The highest BCUT2D eigenvalue weighted by Crippen LogP contribution is 2.41. The lowest BCUT2D eigenvalue weighted by atomic mass is 9.84. The van der Waals surface area contributed by atoms with Crippen molar-refractivity contribution in [1.82, 2.24) is 0 Å². The predicted molar refractivity (Wildman–Crippen MR) is 79.1 cm³/mol. The van der Waals surface area contributed by atoms with E-state index in [0.717, 1.165) is 17.7 Å². The summed E-state index contributed by atoms with van der Waals surface area (Å²) in [7, 11) is 0. The highest BCUT2D eigenvalue weighted by Gasteiger charge is 2.27. The molecule has 0 N–H and O–H groups in total. The minimum Gasteiger partial charge on any atom is -0.426 e. The molecule has 0 fully saturated rings. The molecule has 1 unspecified atom stereocenters. The zero-order valence-corrected chi connectivity index (χ0v) is 11.8. The molecule has 3 rings (SSSR count). The van der Waals surface area contributed by atoms with Crippen molar-refractivity contribution in [2.75, 3.05) is 0 Å². The van der Waals surface area contributed by atoms with Gasteiger partial charge in [0.2, 0.25) is 0 Å². The first-order chi connectivity index (χ1) is 9.66. The maximum atomic E-state index is 11.9. The molecule has 2 heteroatoms. The van der Waals surface area contributed by atoms with Crippen LogP contribution in [0.3, 0.4) is 0 Å². The largest absolute Gasteiger partial charge is 0.426 e. The molecule has 0 spiro atoms. The molecule has 1 aliphatic heterocycles. The molecule has 0 radical (unpaired) electrons. The van der Waals surface area contributed by atoms with Crippen molar-refractivity contribution in [2.45, 2.75) is 32.6 Å². The van der Waals surface area contributed by atoms with Crippen LogP contribution >= 0.6 is 0 Å². The third-order valence-electron chi connectivity index (χ3n) is 4.01. The van der Waals surface area contributed by atoms with E-state index in [-0.39, 0.29) is 11.9 Å². The van der Waals surface area contributed by atoms with Crippen LogP contribution < -0.4 is 4.74 Å². The number of hydrogen-bond donors (Lipinski definition) is 0. The van der Waals surface area contributed by atoms with Crippen molar-refractivity contribution in [3.8, 4) is 5.75 Å². The second kappa shape index (κ2) is 5.12. The van der Waals surface area contributed by atoms with Crippen LogP contribution in [0.4, 0.5) is 0 Å². The fourth-order valence-electron chi connectivity index (χ4n) is 2.97. The average molecular weight is 266 g/mol. The Bertz CT molecular complexity index is 644. The fraction of sp³-hybridized carbons (Fsp3) is 0.278. The summed E-state index contributed by atoms with van der Waals surface area (Å²) in [5, 5.41) is 0. The molecule has 102 valence electrons. The molecule has 1 heterocycles. The van der Waals surface area contributed by atoms with E-state index in [1.165, 1.54) is 16.7 Å². The van der Waals surface area contributed by atoms with E-state index in [1.807, 2.05) is 31.2 Å². The molecule has 1 aliphatic rings. The zero-order chi connectivity index (χ0) is 14.1. The number of aryl methyl sites for hydroxylation is 2. The fourth-order valence-corrected chi connectivity index (χ4v) is 2.97. The normalized spacial score (nSPS) is 18.1. The molecule has 20 heavy (non-hydrogen) atoms. The number of rotatable bonds is 1. The lowest BCUT2D eigenvalue weighted by Gasteiger charge is -2.20. The van der Waals surface area contributed by atoms with Gasteiger partial charge in [-0.15, -0.1) is 0 Å². The highest BCUT2D eigenvalue weighted by atomic mass is 16.5. The van der Waals surface area contributed by atoms with E-state index < -0.39 is 0 Å². The molecule has 0 aliphatic carbocycles. The number of fused-ring (bicyclic) bond motifs is 1. The number of ether oxygens (including phenoxy) is 1. The third-order valence-corrected chi connectivity index (χ3v) is 4.01. The summed E-state index contributed by atoms with van der Waals surface area (Å²) in [6.45, 7) is 4.09. The van der Waals surface area contributed by atoms with Gasteiger partial charge in [-0.1, -0.05) is 42.5 Å². The molecule has 2 aromatic carbocycles. The van der Waals surface area contributed by atoms with Crippen molar-refractivity contribution < 1.29 is 9.53 Å². The van der Waals surface area contributed by atoms with Crippen molar-refractivity contribution in [1.29, 1.82) is 0 Å². The maximum Gasteiger partial charge on any atom is 0.311 e. The minimum absolute atomic E-state index is 0.126. The van der Waals surface area contributed by atoms with Gasteiger partial charge < -0.3 is 4.74 Å². The van der Waals surface area contributed by atoms with Crippen molar-refractivity contribution in [3.05, 3.63) is 64.7 Å². The molecule has 1 atom stereocenters. The van der Waals surface area contributed by atoms with E-state index in [9.17, 15) is 4.79 Å². The summed E-state index contributed by atoms with van der Waals surface area (Å²) in [5.74, 6) is 0.872. The van der Waals surface area contributed by atoms with Gasteiger partial charge in [-0.2, -0.15) is 0 Å². The monoisotopic (exact) mass is 266 g/mol. The van der Waals surface area contributed by atoms with Crippen LogP contribution in [-0.4, -0.2) is 5.97 Å². The van der Waals surface area contributed by atoms with Gasteiger partial charge in [0.05, 0.1) is 0 Å². The van der Waals surface area contributed by atoms with Crippen LogP contribution in [0.1, 0.15) is 41.0 Å². The van der Waals surface area contributed by atoms with Gasteiger partial charge in [0.15, 0.2) is 0 Å². The smallest absolute Gasteiger partial charge is 0.311 e. The Balaban J connectivity index is 2.19. The molecule has 0 bridgehead atoms. The number of hydrogen-bond acceptors (Lipinski definition) is 2. The summed E-state index contributed by atoms with van der Waals surface area (Å²) in [6, 6.07) is 14.5. The Morgan fingerprint density at radius 3 is 2.45 bits per heavy atom. The van der Waals surface area contributed by atoms with Crippen LogP contribution in [0.15, 0.2) is 42.5 Å². The predicted octanol–water partition coefficient (Wildman–Crippen LogP) is 4.13. The van der Waals surface area contributed by atoms with Crippen LogP contribution in [-0.2, 0) is 4.79 Å². The average Bonchev–Trinajstić information content (AvgIpc) is 2.64. The summed E-state index contributed by atoms with van der Waals surface area (Å²) in [4.78, 5) is 11.9. The topological polar surface area (TPSA) is 26.3 Å². The molecular weight excluding hydrogens is 248 g/mol. The SMILES string of the molecule is Cc1ccc(C)c2c1OC(=O)CCC2c1ccccc1. The second-order valence-corrected chi connectivity index (χ2v) is 5.42. The second-order valence-electron chi connectivity index (χ2n) is 5.42. The Morgan fingerprint density at radius 1 is 1.00 bits per heavy atom. The van der Waals surface area contributed by atoms with Gasteiger partial charge in [-0.3, -0.25) is 4.79 Å². The summed E-state index contributed by atoms with van der Waals surface area (Å²) >= 11 is 0. The lowest BCUT2D eigenvalue weighted by Crippen LogP contribution is -2.06. The number of esters is 1. The minimum atomic E-state index is -0.126. The first-order valence-electron chi connectivity index (χ1n) is 7.02. The van der Waals surface area contributed by atoms with Gasteiger partial charge >= 0.3 is 5.97 Å². The van der Waals surface area contributed by atoms with E-state index in [0.29, 0.717) is 6.42 Å². The molecule has 0 aromatic heterocycles. The van der Waals surface area contributed by atoms with Crippen molar-refractivity contribution in [3.63, 3.8) is 0 Å². The van der Waals surface area contributed by atoms with E-state index >= 15 is 0 Å². The number of carbonyl (C=O) groups is 1. The van der Waals surface area contributed by atoms with E-state index in [1.54, 1.807) is 0 Å². The summed E-state index contributed by atoms with van der Waals surface area (Å²) in [6.07, 6.45) is 1.27. The van der Waals surface area contributed by atoms with Crippen LogP contribution in [0.5, 0.6) is 5.75 Å². The van der Waals surface area contributed by atoms with E-state index in [4.69, 9.17) is 4.74 Å². The Labute approximate surface area is 119 Å². The van der Waals surface area contributed by atoms with Crippen LogP contribution in [0.2, 0.25) is 0 Å². The molecule has 2 aromatic rings. The number of carbonyl (C=O) groups excluding carboxylic acids is 1. The summed E-state index contributed by atoms with van der Waals surface area (Å²) < 4.78 is 5.58. The first-order valence-corrected chi connectivity index (χ1v) is 7.02. The Morgan fingerprint density at radius 2 is 1.70 bits per heavy atom. The Hall–Kier alpha value is -2.09. The standard InChI is InChI=1S/C18H18O2/c1-12-8-9-13(2)18-17(12)15(10-11-16(19)20-18)14-6-4-3-5-7-14/h3-9,15H,10-11H2,1-2H3. The molecule has 0 saturated heterocycles. The quantitative estimate of drug-likeness (QED) is 0.573. The van der Waals surface area contributed by atoms with Gasteiger partial charge in [-0.25, -0.2) is 0 Å². The van der Waals surface area contributed by atoms with Crippen molar-refractivity contribution in [2.24, 2.45) is 0 Å².